The van der Waals surface area contributed by atoms with Crippen LogP contribution in [0.15, 0.2) is 54.6 Å². The van der Waals surface area contributed by atoms with Crippen molar-refractivity contribution in [3.05, 3.63) is 65.7 Å². The maximum Gasteiger partial charge on any atom is 0.331 e. The fourth-order valence-corrected chi connectivity index (χ4v) is 2.72. The van der Waals surface area contributed by atoms with Crippen molar-refractivity contribution in [2.24, 2.45) is 0 Å². The fraction of sp³-hybridized carbons (Fsp3) is 0.304. The van der Waals surface area contributed by atoms with E-state index in [0.717, 1.165) is 18.4 Å². The molecule has 0 saturated heterocycles. The minimum Gasteiger partial charge on any atom is -0.493 e. The number of methoxy groups -OCH3 is 2. The van der Waals surface area contributed by atoms with Crippen molar-refractivity contribution in [1.29, 1.82) is 0 Å². The molecule has 154 valence electrons. The Labute approximate surface area is 171 Å². The van der Waals surface area contributed by atoms with Crippen LogP contribution < -0.4 is 14.8 Å². The summed E-state index contributed by atoms with van der Waals surface area (Å²) in [5.41, 5.74) is 1.97. The standard InChI is InChI=1S/C23H27NO5/c1-17(9-10-18-7-5-4-6-8-18)24-22(25)16-29-23(26)14-12-19-11-13-20(27-2)21(15-19)28-3/h4-8,11-15,17H,9-10,16H2,1-3H3,(H,24,25). The summed E-state index contributed by atoms with van der Waals surface area (Å²) in [4.78, 5) is 23.8. The fourth-order valence-electron chi connectivity index (χ4n) is 2.72. The summed E-state index contributed by atoms with van der Waals surface area (Å²) in [6.45, 7) is 1.62. The average molecular weight is 397 g/mol. The first-order valence-electron chi connectivity index (χ1n) is 9.42. The summed E-state index contributed by atoms with van der Waals surface area (Å²) in [5.74, 6) is 0.252. The van der Waals surface area contributed by atoms with E-state index in [0.29, 0.717) is 11.5 Å². The van der Waals surface area contributed by atoms with Gasteiger partial charge in [-0.2, -0.15) is 0 Å². The molecule has 0 bridgehead atoms. The highest BCUT2D eigenvalue weighted by Crippen LogP contribution is 2.27. The van der Waals surface area contributed by atoms with E-state index in [1.54, 1.807) is 38.5 Å². The van der Waals surface area contributed by atoms with E-state index in [9.17, 15) is 9.59 Å². The molecule has 1 unspecified atom stereocenters. The highest BCUT2D eigenvalue weighted by molar-refractivity contribution is 5.89. The van der Waals surface area contributed by atoms with E-state index >= 15 is 0 Å². The van der Waals surface area contributed by atoms with Crippen molar-refractivity contribution in [2.75, 3.05) is 20.8 Å². The van der Waals surface area contributed by atoms with E-state index in [2.05, 4.69) is 17.4 Å². The van der Waals surface area contributed by atoms with Crippen molar-refractivity contribution in [1.82, 2.24) is 5.32 Å². The lowest BCUT2D eigenvalue weighted by Gasteiger charge is -2.13. The largest absolute Gasteiger partial charge is 0.493 e. The number of amides is 1. The third-order valence-corrected chi connectivity index (χ3v) is 4.28. The Bertz CT molecular complexity index is 832. The number of esters is 1. The molecule has 6 heteroatoms. The highest BCUT2D eigenvalue weighted by Gasteiger charge is 2.10. The monoisotopic (exact) mass is 397 g/mol. The van der Waals surface area contributed by atoms with Gasteiger partial charge in [0, 0.05) is 12.1 Å². The molecule has 0 heterocycles. The van der Waals surface area contributed by atoms with Gasteiger partial charge in [0.1, 0.15) is 0 Å². The summed E-state index contributed by atoms with van der Waals surface area (Å²) >= 11 is 0. The number of hydrogen-bond donors (Lipinski definition) is 1. The number of hydrogen-bond acceptors (Lipinski definition) is 5. The van der Waals surface area contributed by atoms with Crippen molar-refractivity contribution in [3.8, 4) is 11.5 Å². The zero-order valence-electron chi connectivity index (χ0n) is 17.0. The van der Waals surface area contributed by atoms with Crippen LogP contribution in [-0.2, 0) is 20.7 Å². The Kier molecular flexibility index (Phi) is 8.76. The Morgan fingerprint density at radius 2 is 1.76 bits per heavy atom. The zero-order valence-corrected chi connectivity index (χ0v) is 17.0. The smallest absolute Gasteiger partial charge is 0.331 e. The second-order valence-electron chi connectivity index (χ2n) is 6.55. The Hall–Kier alpha value is -3.28. The Morgan fingerprint density at radius 3 is 2.45 bits per heavy atom. The van der Waals surface area contributed by atoms with Gasteiger partial charge in [-0.15, -0.1) is 0 Å². The van der Waals surface area contributed by atoms with E-state index in [-0.39, 0.29) is 18.6 Å². The van der Waals surface area contributed by atoms with Crippen molar-refractivity contribution < 1.29 is 23.8 Å². The predicted octanol–water partition coefficient (Wildman–Crippen LogP) is 3.40. The van der Waals surface area contributed by atoms with E-state index in [1.807, 2.05) is 25.1 Å². The van der Waals surface area contributed by atoms with E-state index < -0.39 is 5.97 Å². The minimum atomic E-state index is -0.591. The van der Waals surface area contributed by atoms with Gasteiger partial charge < -0.3 is 19.5 Å². The van der Waals surface area contributed by atoms with Gasteiger partial charge in [-0.1, -0.05) is 36.4 Å². The van der Waals surface area contributed by atoms with Gasteiger partial charge in [-0.25, -0.2) is 4.79 Å². The van der Waals surface area contributed by atoms with Gasteiger partial charge in [0.25, 0.3) is 5.91 Å². The zero-order chi connectivity index (χ0) is 21.1. The topological polar surface area (TPSA) is 73.9 Å². The number of carbonyl (C=O) groups is 2. The first kappa shape index (κ1) is 22.0. The second kappa shape index (κ2) is 11.5. The maximum atomic E-state index is 12.0. The van der Waals surface area contributed by atoms with Crippen molar-refractivity contribution >= 4 is 18.0 Å². The molecule has 1 N–H and O–H groups in total. The molecule has 1 amide bonds. The third kappa shape index (κ3) is 7.70. The van der Waals surface area contributed by atoms with Crippen LogP contribution in [0.25, 0.3) is 6.08 Å². The predicted molar refractivity (Wildman–Crippen MR) is 112 cm³/mol. The number of nitrogens with one attached hydrogen (secondary N) is 1. The Morgan fingerprint density at radius 1 is 1.03 bits per heavy atom. The molecular formula is C23H27NO5. The van der Waals surface area contributed by atoms with Crippen LogP contribution in [0.4, 0.5) is 0 Å². The molecule has 2 rings (SSSR count). The van der Waals surface area contributed by atoms with Crippen LogP contribution >= 0.6 is 0 Å². The lowest BCUT2D eigenvalue weighted by Crippen LogP contribution is -2.36. The van der Waals surface area contributed by atoms with Crippen LogP contribution in [0.3, 0.4) is 0 Å². The summed E-state index contributed by atoms with van der Waals surface area (Å²) < 4.78 is 15.4. The van der Waals surface area contributed by atoms with Crippen LogP contribution in [-0.4, -0.2) is 38.7 Å². The molecule has 0 fully saturated rings. The number of rotatable bonds is 10. The normalized spacial score (nSPS) is 11.7. The first-order chi connectivity index (χ1) is 14.0. The molecule has 6 nitrogen and oxygen atoms in total. The van der Waals surface area contributed by atoms with Gasteiger partial charge in [0.15, 0.2) is 18.1 Å². The molecule has 29 heavy (non-hydrogen) atoms. The lowest BCUT2D eigenvalue weighted by atomic mass is 10.1. The molecule has 0 radical (unpaired) electrons. The van der Waals surface area contributed by atoms with Gasteiger partial charge in [-0.05, 0) is 49.1 Å². The minimum absolute atomic E-state index is 0.0104. The molecule has 0 aliphatic heterocycles. The van der Waals surface area contributed by atoms with Gasteiger partial charge >= 0.3 is 5.97 Å². The molecule has 0 aromatic heterocycles. The molecule has 2 aromatic carbocycles. The first-order valence-corrected chi connectivity index (χ1v) is 9.42. The molecule has 0 aliphatic carbocycles. The van der Waals surface area contributed by atoms with Crippen LogP contribution in [0.2, 0.25) is 0 Å². The van der Waals surface area contributed by atoms with Crippen molar-refractivity contribution in [3.63, 3.8) is 0 Å². The summed E-state index contributed by atoms with van der Waals surface area (Å²) in [6, 6.07) is 15.3. The number of ether oxygens (including phenoxy) is 3. The summed E-state index contributed by atoms with van der Waals surface area (Å²) in [7, 11) is 3.09. The quantitative estimate of drug-likeness (QED) is 0.491. The van der Waals surface area contributed by atoms with E-state index in [1.165, 1.54) is 11.6 Å². The van der Waals surface area contributed by atoms with Gasteiger partial charge in [-0.3, -0.25) is 4.79 Å². The molecule has 0 aliphatic rings. The second-order valence-corrected chi connectivity index (χ2v) is 6.55. The molecule has 2 aromatic rings. The SMILES string of the molecule is COc1ccc(C=CC(=O)OCC(=O)NC(C)CCc2ccccc2)cc1OC. The number of benzene rings is 2. The molecule has 1 atom stereocenters. The maximum absolute atomic E-state index is 12.0. The Balaban J connectivity index is 1.73. The summed E-state index contributed by atoms with van der Waals surface area (Å²) in [5, 5.41) is 2.84. The number of carbonyl (C=O) groups excluding carboxylic acids is 2. The third-order valence-electron chi connectivity index (χ3n) is 4.28. The molecule has 0 spiro atoms. The molecule has 0 saturated carbocycles. The van der Waals surface area contributed by atoms with Crippen LogP contribution in [0.5, 0.6) is 11.5 Å². The lowest BCUT2D eigenvalue weighted by molar-refractivity contribution is -0.144. The van der Waals surface area contributed by atoms with Crippen LogP contribution in [0, 0.1) is 0 Å². The van der Waals surface area contributed by atoms with Crippen LogP contribution in [0.1, 0.15) is 24.5 Å². The number of aryl methyl sites for hydroxylation is 1. The van der Waals surface area contributed by atoms with Crippen molar-refractivity contribution in [2.45, 2.75) is 25.8 Å². The van der Waals surface area contributed by atoms with Gasteiger partial charge in [0.2, 0.25) is 0 Å². The average Bonchev–Trinajstić information content (AvgIpc) is 2.75. The molecular weight excluding hydrogens is 370 g/mol. The van der Waals surface area contributed by atoms with Gasteiger partial charge in [0.05, 0.1) is 14.2 Å². The summed E-state index contributed by atoms with van der Waals surface area (Å²) in [6.07, 6.45) is 4.54. The van der Waals surface area contributed by atoms with E-state index in [4.69, 9.17) is 14.2 Å². The highest BCUT2D eigenvalue weighted by atomic mass is 16.5.